The molecule has 2 bridgehead atoms. The van der Waals surface area contributed by atoms with Gasteiger partial charge in [-0.3, -0.25) is 9.78 Å². The van der Waals surface area contributed by atoms with Crippen LogP contribution in [0.2, 0.25) is 5.02 Å². The highest BCUT2D eigenvalue weighted by atomic mass is 35.5. The summed E-state index contributed by atoms with van der Waals surface area (Å²) in [6.45, 7) is 0.944. The minimum absolute atomic E-state index is 0.131. The Morgan fingerprint density at radius 2 is 1.95 bits per heavy atom. The fourth-order valence-corrected chi connectivity index (χ4v) is 8.83. The van der Waals surface area contributed by atoms with Crippen LogP contribution in [0.3, 0.4) is 0 Å². The molecule has 2 saturated heterocycles. The van der Waals surface area contributed by atoms with Gasteiger partial charge in [0.2, 0.25) is 15.9 Å². The number of hydrogen-bond acceptors (Lipinski definition) is 7. The van der Waals surface area contributed by atoms with Gasteiger partial charge in [-0.25, -0.2) is 12.8 Å². The van der Waals surface area contributed by atoms with Gasteiger partial charge in [-0.15, -0.1) is 0 Å². The van der Waals surface area contributed by atoms with Crippen molar-refractivity contribution in [2.24, 2.45) is 11.7 Å². The third-order valence-corrected chi connectivity index (χ3v) is 11.5. The van der Waals surface area contributed by atoms with Crippen molar-refractivity contribution in [3.63, 3.8) is 0 Å². The van der Waals surface area contributed by atoms with E-state index in [2.05, 4.69) is 15.6 Å². The molecule has 2 aromatic rings. The second-order valence-electron chi connectivity index (χ2n) is 11.8. The number of pyridine rings is 1. The predicted octanol–water partition coefficient (Wildman–Crippen LogP) is 3.83. The average Bonchev–Trinajstić information content (AvgIpc) is 3.10. The first kappa shape index (κ1) is 31.3. The molecule has 2 aliphatic heterocycles. The number of halogens is 2. The first-order valence-electron chi connectivity index (χ1n) is 14.9. The molecule has 1 aliphatic carbocycles. The van der Waals surface area contributed by atoms with Gasteiger partial charge >= 0.3 is 0 Å². The number of benzene rings is 1. The molecule has 3 aliphatic rings. The van der Waals surface area contributed by atoms with E-state index in [0.29, 0.717) is 36.5 Å². The Hall–Kier alpha value is -2.15. The Labute approximate surface area is 252 Å². The zero-order valence-electron chi connectivity index (χ0n) is 24.0. The molecule has 9 nitrogen and oxygen atoms in total. The first-order valence-corrected chi connectivity index (χ1v) is 16.8. The smallest absolute Gasteiger partial charge is 0.241 e. The van der Waals surface area contributed by atoms with Gasteiger partial charge < -0.3 is 21.1 Å². The molecule has 0 radical (unpaired) electrons. The van der Waals surface area contributed by atoms with Crippen molar-refractivity contribution in [2.75, 3.05) is 31.3 Å². The van der Waals surface area contributed by atoms with E-state index in [1.165, 1.54) is 6.20 Å². The molecule has 5 atom stereocenters. The van der Waals surface area contributed by atoms with E-state index in [0.717, 1.165) is 43.9 Å². The van der Waals surface area contributed by atoms with Gasteiger partial charge in [0.1, 0.15) is 5.82 Å². The molecule has 0 spiro atoms. The lowest BCUT2D eigenvalue weighted by molar-refractivity contribution is -0.118. The topological polar surface area (TPSA) is 127 Å². The summed E-state index contributed by atoms with van der Waals surface area (Å²) < 4.78 is 48.0. The van der Waals surface area contributed by atoms with Gasteiger partial charge in [-0.1, -0.05) is 23.7 Å². The highest BCUT2D eigenvalue weighted by Gasteiger charge is 2.39. The first-order chi connectivity index (χ1) is 20.2. The minimum atomic E-state index is -3.37. The summed E-state index contributed by atoms with van der Waals surface area (Å²) in [5.74, 6) is -0.934. The molecule has 3 fully saturated rings. The van der Waals surface area contributed by atoms with Crippen LogP contribution >= 0.6 is 11.6 Å². The van der Waals surface area contributed by atoms with E-state index >= 15 is 4.39 Å². The largest absolute Gasteiger partial charge is 0.381 e. The number of nitrogens with two attached hydrogens (primary N) is 1. The van der Waals surface area contributed by atoms with E-state index in [1.54, 1.807) is 23.5 Å². The van der Waals surface area contributed by atoms with E-state index in [-0.39, 0.29) is 47.9 Å². The second kappa shape index (κ2) is 13.7. The van der Waals surface area contributed by atoms with Gasteiger partial charge in [-0.2, -0.15) is 4.31 Å². The predicted molar refractivity (Wildman–Crippen MR) is 161 cm³/mol. The van der Waals surface area contributed by atoms with Crippen molar-refractivity contribution in [1.82, 2.24) is 14.6 Å². The molecular weight excluding hydrogens is 581 g/mol. The van der Waals surface area contributed by atoms with Crippen LogP contribution in [0.5, 0.6) is 0 Å². The molecule has 1 aromatic carbocycles. The lowest BCUT2D eigenvalue weighted by atomic mass is 9.72. The molecule has 1 saturated carbocycles. The van der Waals surface area contributed by atoms with Crippen molar-refractivity contribution in [3.05, 3.63) is 58.6 Å². The average molecular weight is 622 g/mol. The number of anilines is 1. The number of carbonyl (C=O) groups is 1. The number of ether oxygens (including phenoxy) is 1. The molecule has 5 unspecified atom stereocenters. The maximum absolute atomic E-state index is 15.1. The molecule has 5 rings (SSSR count). The van der Waals surface area contributed by atoms with Crippen molar-refractivity contribution in [1.29, 1.82) is 0 Å². The number of rotatable bonds is 9. The number of aromatic nitrogens is 1. The number of nitrogens with zero attached hydrogens (tertiary/aromatic N) is 2. The maximum atomic E-state index is 15.1. The Morgan fingerprint density at radius 1 is 1.21 bits per heavy atom. The minimum Gasteiger partial charge on any atom is -0.381 e. The van der Waals surface area contributed by atoms with Gasteiger partial charge in [0.25, 0.3) is 0 Å². The van der Waals surface area contributed by atoms with Crippen molar-refractivity contribution in [3.8, 4) is 0 Å². The fourth-order valence-electron chi connectivity index (χ4n) is 6.90. The second-order valence-corrected chi connectivity index (χ2v) is 14.3. The van der Waals surface area contributed by atoms with E-state index in [1.807, 2.05) is 12.1 Å². The summed E-state index contributed by atoms with van der Waals surface area (Å²) in [6, 6.07) is 6.39. The van der Waals surface area contributed by atoms with Crippen LogP contribution in [-0.4, -0.2) is 73.8 Å². The van der Waals surface area contributed by atoms with Gasteiger partial charge in [0.05, 0.1) is 36.0 Å². The van der Waals surface area contributed by atoms with Crippen LogP contribution in [0.1, 0.15) is 62.0 Å². The zero-order chi connectivity index (χ0) is 29.9. The normalized spacial score (nSPS) is 28.8. The monoisotopic (exact) mass is 621 g/mol. The lowest BCUT2D eigenvalue weighted by Gasteiger charge is -2.37. The van der Waals surface area contributed by atoms with Crippen LogP contribution in [0, 0.1) is 11.7 Å². The zero-order valence-corrected chi connectivity index (χ0v) is 25.5. The number of amides is 1. The summed E-state index contributed by atoms with van der Waals surface area (Å²) in [7, 11) is -1.64. The summed E-state index contributed by atoms with van der Waals surface area (Å²) in [5, 5.41) is 6.91. The summed E-state index contributed by atoms with van der Waals surface area (Å²) in [5.41, 5.74) is 8.17. The van der Waals surface area contributed by atoms with Gasteiger partial charge in [0, 0.05) is 48.8 Å². The molecule has 3 heterocycles. The number of carbonyl (C=O) groups excluding carboxylic acids is 1. The number of piperazine rings is 1. The molecule has 42 heavy (non-hydrogen) atoms. The van der Waals surface area contributed by atoms with Crippen molar-refractivity contribution < 1.29 is 22.3 Å². The Kier molecular flexibility index (Phi) is 10.2. The Bertz CT molecular complexity index is 1340. The number of fused-ring (bicyclic) bond motifs is 2. The lowest BCUT2D eigenvalue weighted by Crippen LogP contribution is -2.57. The number of hydrogen-bond donors (Lipinski definition) is 3. The third-order valence-electron chi connectivity index (χ3n) is 9.26. The number of nitrogens with one attached hydrogen (secondary N) is 2. The molecule has 4 N–H and O–H groups in total. The highest BCUT2D eigenvalue weighted by molar-refractivity contribution is 7.89. The molecule has 1 aromatic heterocycles. The fraction of sp³-hybridized carbons (Fsp3) is 0.600. The van der Waals surface area contributed by atoms with Crippen LogP contribution in [0.25, 0.3) is 0 Å². The van der Waals surface area contributed by atoms with Crippen molar-refractivity contribution >= 4 is 33.2 Å². The van der Waals surface area contributed by atoms with E-state index < -0.39 is 27.8 Å². The standard InChI is InChI=1S/C30H41ClFN5O4S/c1-41-24-11-6-20(7-12-24)28(19-4-8-21(31)9-5-19)29(33)30(38)36-27-17-34-16-26(32)25(27)13-10-23-15-35-22-3-2-14-42(39,40)37(23)18-22/h4-5,8-9,16-17,20,22-24,28-29,35H,2-3,6-7,10-15,18,33H2,1H3,(H,36,38). The quantitative estimate of drug-likeness (QED) is 0.388. The summed E-state index contributed by atoms with van der Waals surface area (Å²) >= 11 is 6.15. The molecule has 230 valence electrons. The maximum Gasteiger partial charge on any atom is 0.241 e. The SMILES string of the molecule is COC1CCC(C(c2ccc(Cl)cc2)C(N)C(=O)Nc2cncc(F)c2CCC2CNC3CCCS(=O)(=O)N2C3)CC1. The summed E-state index contributed by atoms with van der Waals surface area (Å²) in [6.07, 6.45) is 8.37. The van der Waals surface area contributed by atoms with Crippen LogP contribution in [0.15, 0.2) is 36.7 Å². The molecular formula is C30H41ClFN5O4S. The Balaban J connectivity index is 1.32. The van der Waals surface area contributed by atoms with Crippen LogP contribution in [-0.2, 0) is 26.0 Å². The van der Waals surface area contributed by atoms with Crippen molar-refractivity contribution in [2.45, 2.75) is 81.5 Å². The summed E-state index contributed by atoms with van der Waals surface area (Å²) in [4.78, 5) is 17.6. The molecule has 1 amide bonds. The Morgan fingerprint density at radius 3 is 2.67 bits per heavy atom. The van der Waals surface area contributed by atoms with Gasteiger partial charge in [-0.05, 0) is 75.0 Å². The van der Waals surface area contributed by atoms with Gasteiger partial charge in [0.15, 0.2) is 0 Å². The molecule has 12 heteroatoms. The van der Waals surface area contributed by atoms with E-state index in [9.17, 15) is 13.2 Å². The van der Waals surface area contributed by atoms with Crippen LogP contribution in [0.4, 0.5) is 10.1 Å². The highest BCUT2D eigenvalue weighted by Crippen LogP contribution is 2.39. The van der Waals surface area contributed by atoms with Crippen LogP contribution < -0.4 is 16.4 Å². The number of methoxy groups -OCH3 is 1. The number of sulfonamides is 1. The third kappa shape index (κ3) is 7.14. The van der Waals surface area contributed by atoms with E-state index in [4.69, 9.17) is 22.1 Å².